The summed E-state index contributed by atoms with van der Waals surface area (Å²) in [6, 6.07) is 0. The molecule has 78 valence electrons. The largest absolute Gasteiger partial charge is 0.330 e. The Balaban J connectivity index is 2.77. The van der Waals surface area contributed by atoms with Gasteiger partial charge in [-0.05, 0) is 13.5 Å². The summed E-state index contributed by atoms with van der Waals surface area (Å²) in [6.45, 7) is 7.27. The van der Waals surface area contributed by atoms with Crippen molar-refractivity contribution in [1.82, 2.24) is 14.8 Å². The summed E-state index contributed by atoms with van der Waals surface area (Å²) in [6.07, 6.45) is 2.65. The van der Waals surface area contributed by atoms with Gasteiger partial charge in [0.25, 0.3) is 0 Å². The van der Waals surface area contributed by atoms with Crippen LogP contribution in [0.5, 0.6) is 0 Å². The maximum absolute atomic E-state index is 5.49. The van der Waals surface area contributed by atoms with E-state index in [1.54, 1.807) is 11.8 Å². The van der Waals surface area contributed by atoms with E-state index < -0.39 is 0 Å². The molecule has 4 nitrogen and oxygen atoms in total. The van der Waals surface area contributed by atoms with E-state index >= 15 is 0 Å². The molecule has 0 bridgehead atoms. The molecule has 0 aliphatic rings. The van der Waals surface area contributed by atoms with Gasteiger partial charge in [0.15, 0.2) is 5.16 Å². The molecule has 0 saturated heterocycles. The third-order valence-electron chi connectivity index (χ3n) is 1.81. The number of hydrogen-bond donors (Lipinski definition) is 1. The van der Waals surface area contributed by atoms with Crippen LogP contribution >= 0.6 is 11.8 Å². The van der Waals surface area contributed by atoms with Crippen LogP contribution in [-0.2, 0) is 13.0 Å². The zero-order valence-corrected chi connectivity index (χ0v) is 9.26. The molecule has 0 radical (unpaired) electrons. The van der Waals surface area contributed by atoms with E-state index in [-0.39, 0.29) is 0 Å². The molecular formula is C9H16N4S. The second kappa shape index (κ2) is 5.82. The van der Waals surface area contributed by atoms with Crippen LogP contribution in [0.1, 0.15) is 12.7 Å². The summed E-state index contributed by atoms with van der Waals surface area (Å²) < 4.78 is 2.10. The van der Waals surface area contributed by atoms with Crippen LogP contribution in [0.25, 0.3) is 0 Å². The van der Waals surface area contributed by atoms with Crippen LogP contribution in [0.15, 0.2) is 17.8 Å². The number of thioether (sulfide) groups is 1. The average molecular weight is 212 g/mol. The molecule has 14 heavy (non-hydrogen) atoms. The highest BCUT2D eigenvalue weighted by Crippen LogP contribution is 2.16. The minimum Gasteiger partial charge on any atom is -0.330 e. The Kier molecular flexibility index (Phi) is 4.69. The number of aromatic nitrogens is 3. The third kappa shape index (κ3) is 2.59. The van der Waals surface area contributed by atoms with Crippen molar-refractivity contribution in [2.75, 3.05) is 12.3 Å². The SMILES string of the molecule is C=CCSc1nnc(CCN)n1CC. The Morgan fingerprint density at radius 2 is 2.36 bits per heavy atom. The van der Waals surface area contributed by atoms with Gasteiger partial charge >= 0.3 is 0 Å². The van der Waals surface area contributed by atoms with Crippen molar-refractivity contribution in [3.8, 4) is 0 Å². The van der Waals surface area contributed by atoms with Gasteiger partial charge in [-0.3, -0.25) is 0 Å². The van der Waals surface area contributed by atoms with Gasteiger partial charge in [-0.1, -0.05) is 17.8 Å². The lowest BCUT2D eigenvalue weighted by Gasteiger charge is -2.04. The molecule has 0 aliphatic carbocycles. The molecule has 1 heterocycles. The summed E-state index contributed by atoms with van der Waals surface area (Å²) in [5.41, 5.74) is 5.49. The molecule has 0 saturated carbocycles. The second-order valence-electron chi connectivity index (χ2n) is 2.78. The molecule has 0 fully saturated rings. The normalized spacial score (nSPS) is 10.4. The quantitative estimate of drug-likeness (QED) is 0.566. The monoisotopic (exact) mass is 212 g/mol. The highest BCUT2D eigenvalue weighted by atomic mass is 32.2. The van der Waals surface area contributed by atoms with Gasteiger partial charge in [-0.2, -0.15) is 0 Å². The van der Waals surface area contributed by atoms with Crippen molar-refractivity contribution in [3.05, 3.63) is 18.5 Å². The van der Waals surface area contributed by atoms with Crippen LogP contribution in [0.3, 0.4) is 0 Å². The fourth-order valence-corrected chi connectivity index (χ4v) is 1.95. The van der Waals surface area contributed by atoms with E-state index in [1.807, 2.05) is 6.08 Å². The van der Waals surface area contributed by atoms with Gasteiger partial charge in [-0.15, -0.1) is 16.8 Å². The Bertz CT molecular complexity index is 295. The molecule has 2 N–H and O–H groups in total. The first kappa shape index (κ1) is 11.3. The first-order valence-corrected chi connectivity index (χ1v) is 5.67. The maximum atomic E-state index is 5.49. The van der Waals surface area contributed by atoms with Gasteiger partial charge < -0.3 is 10.3 Å². The number of hydrogen-bond acceptors (Lipinski definition) is 4. The van der Waals surface area contributed by atoms with Crippen LogP contribution < -0.4 is 5.73 Å². The van der Waals surface area contributed by atoms with Crippen LogP contribution in [0, 0.1) is 0 Å². The topological polar surface area (TPSA) is 56.7 Å². The fraction of sp³-hybridized carbons (Fsp3) is 0.556. The highest BCUT2D eigenvalue weighted by molar-refractivity contribution is 7.99. The number of nitrogens with zero attached hydrogens (tertiary/aromatic N) is 3. The van der Waals surface area contributed by atoms with Crippen molar-refractivity contribution in [2.45, 2.75) is 25.0 Å². The minimum atomic E-state index is 0.615. The lowest BCUT2D eigenvalue weighted by molar-refractivity contribution is 0.640. The lowest BCUT2D eigenvalue weighted by Crippen LogP contribution is -2.09. The summed E-state index contributed by atoms with van der Waals surface area (Å²) >= 11 is 1.65. The summed E-state index contributed by atoms with van der Waals surface area (Å²) in [5, 5.41) is 9.18. The first-order valence-electron chi connectivity index (χ1n) is 4.69. The van der Waals surface area contributed by atoms with E-state index in [2.05, 4.69) is 28.3 Å². The molecule has 0 spiro atoms. The van der Waals surface area contributed by atoms with Gasteiger partial charge in [0.2, 0.25) is 0 Å². The Morgan fingerprint density at radius 1 is 1.57 bits per heavy atom. The molecular weight excluding hydrogens is 196 g/mol. The zero-order valence-electron chi connectivity index (χ0n) is 8.44. The van der Waals surface area contributed by atoms with Gasteiger partial charge in [0.05, 0.1) is 0 Å². The minimum absolute atomic E-state index is 0.615. The van der Waals surface area contributed by atoms with Crippen LogP contribution in [-0.4, -0.2) is 27.1 Å². The molecule has 0 aromatic carbocycles. The van der Waals surface area contributed by atoms with Crippen molar-refractivity contribution < 1.29 is 0 Å². The second-order valence-corrected chi connectivity index (χ2v) is 3.77. The van der Waals surface area contributed by atoms with Crippen LogP contribution in [0.4, 0.5) is 0 Å². The first-order chi connectivity index (χ1) is 6.83. The molecule has 1 rings (SSSR count). The molecule has 1 aromatic rings. The van der Waals surface area contributed by atoms with Crippen molar-refractivity contribution >= 4 is 11.8 Å². The smallest absolute Gasteiger partial charge is 0.191 e. The summed E-state index contributed by atoms with van der Waals surface area (Å²) in [4.78, 5) is 0. The average Bonchev–Trinajstić information content (AvgIpc) is 2.58. The van der Waals surface area contributed by atoms with Gasteiger partial charge in [0, 0.05) is 18.7 Å². The molecule has 5 heteroatoms. The predicted molar refractivity (Wildman–Crippen MR) is 59.4 cm³/mol. The van der Waals surface area contributed by atoms with Crippen molar-refractivity contribution in [3.63, 3.8) is 0 Å². The van der Waals surface area contributed by atoms with E-state index in [4.69, 9.17) is 5.73 Å². The predicted octanol–water partition coefficient (Wildman–Crippen LogP) is 1.08. The Labute approximate surface area is 88.6 Å². The van der Waals surface area contributed by atoms with E-state index in [9.17, 15) is 0 Å². The van der Waals surface area contributed by atoms with Crippen molar-refractivity contribution in [1.29, 1.82) is 0 Å². The zero-order chi connectivity index (χ0) is 10.4. The van der Waals surface area contributed by atoms with Crippen LogP contribution in [0.2, 0.25) is 0 Å². The maximum Gasteiger partial charge on any atom is 0.191 e. The molecule has 0 unspecified atom stereocenters. The molecule has 0 amide bonds. The molecule has 1 aromatic heterocycles. The highest BCUT2D eigenvalue weighted by Gasteiger charge is 2.09. The summed E-state index contributed by atoms with van der Waals surface area (Å²) in [7, 11) is 0. The number of nitrogens with two attached hydrogens (primary N) is 1. The van der Waals surface area contributed by atoms with Crippen molar-refractivity contribution in [2.24, 2.45) is 5.73 Å². The van der Waals surface area contributed by atoms with Gasteiger partial charge in [-0.25, -0.2) is 0 Å². The number of rotatable bonds is 6. The molecule has 0 aliphatic heterocycles. The summed E-state index contributed by atoms with van der Waals surface area (Å²) in [5.74, 6) is 1.84. The van der Waals surface area contributed by atoms with Gasteiger partial charge in [0.1, 0.15) is 5.82 Å². The Morgan fingerprint density at radius 3 is 2.93 bits per heavy atom. The molecule has 0 atom stereocenters. The lowest BCUT2D eigenvalue weighted by atomic mass is 10.4. The van der Waals surface area contributed by atoms with E-state index in [0.29, 0.717) is 6.54 Å². The third-order valence-corrected chi connectivity index (χ3v) is 2.77. The fourth-order valence-electron chi connectivity index (χ4n) is 1.19. The van der Waals surface area contributed by atoms with E-state index in [0.717, 1.165) is 29.7 Å². The Hall–Kier alpha value is -0.810. The van der Waals surface area contributed by atoms with E-state index in [1.165, 1.54) is 0 Å². The standard InChI is InChI=1S/C9H16N4S/c1-3-7-14-9-12-11-8(5-6-10)13(9)4-2/h3H,1,4-7,10H2,2H3.